The van der Waals surface area contributed by atoms with Crippen molar-refractivity contribution in [3.8, 4) is 0 Å². The van der Waals surface area contributed by atoms with Crippen LogP contribution in [0.25, 0.3) is 0 Å². The van der Waals surface area contributed by atoms with Crippen molar-refractivity contribution < 1.29 is 14.3 Å². The zero-order chi connectivity index (χ0) is 18.0. The van der Waals surface area contributed by atoms with E-state index >= 15 is 0 Å². The van der Waals surface area contributed by atoms with E-state index in [1.54, 1.807) is 0 Å². The second-order valence-electron chi connectivity index (χ2n) is 7.43. The fourth-order valence-electron chi connectivity index (χ4n) is 4.31. The van der Waals surface area contributed by atoms with E-state index < -0.39 is 0 Å². The number of nitrogens with zero attached hydrogens (tertiary/aromatic N) is 4. The van der Waals surface area contributed by atoms with Gasteiger partial charge in [0.1, 0.15) is 0 Å². The molecule has 1 atom stereocenters. The van der Waals surface area contributed by atoms with Crippen molar-refractivity contribution in [2.24, 2.45) is 0 Å². The minimum absolute atomic E-state index is 0.0148. The molecule has 4 heterocycles. The predicted octanol–water partition coefficient (Wildman–Crippen LogP) is 2.22. The number of carbonyl (C=O) groups excluding carboxylic acids is 1. The highest BCUT2D eigenvalue weighted by Gasteiger charge is 2.40. The zero-order valence-electron chi connectivity index (χ0n) is 15.5. The zero-order valence-corrected chi connectivity index (χ0v) is 15.5. The Morgan fingerprint density at radius 2 is 1.92 bits per heavy atom. The molecule has 3 saturated heterocycles. The lowest BCUT2D eigenvalue weighted by atomic mass is 9.99. The van der Waals surface area contributed by atoms with Crippen LogP contribution in [-0.2, 0) is 9.47 Å². The first kappa shape index (κ1) is 17.7. The molecule has 0 aliphatic carbocycles. The number of carbonyl (C=O) groups is 1. The van der Waals surface area contributed by atoms with E-state index in [-0.39, 0.29) is 11.7 Å². The summed E-state index contributed by atoms with van der Waals surface area (Å²) in [5, 5.41) is 8.57. The number of anilines is 1. The fraction of sp³-hybridized carbons (Fsp3) is 0.737. The Kier molecular flexibility index (Phi) is 5.09. The Balaban J connectivity index is 1.40. The monoisotopic (exact) mass is 360 g/mol. The molecule has 1 aromatic heterocycles. The second-order valence-corrected chi connectivity index (χ2v) is 7.43. The number of hydrogen-bond acceptors (Lipinski definition) is 6. The largest absolute Gasteiger partial charge is 0.355 e. The highest BCUT2D eigenvalue weighted by molar-refractivity contribution is 5.92. The molecule has 0 N–H and O–H groups in total. The summed E-state index contributed by atoms with van der Waals surface area (Å²) in [5.74, 6) is 0.449. The van der Waals surface area contributed by atoms with Gasteiger partial charge < -0.3 is 19.3 Å². The second kappa shape index (κ2) is 7.48. The number of hydrogen-bond donors (Lipinski definition) is 0. The lowest BCUT2D eigenvalue weighted by Crippen LogP contribution is -2.45. The first-order valence-corrected chi connectivity index (χ1v) is 9.88. The van der Waals surface area contributed by atoms with Gasteiger partial charge in [-0.05, 0) is 37.8 Å². The van der Waals surface area contributed by atoms with Gasteiger partial charge in [-0.25, -0.2) is 0 Å². The Morgan fingerprint density at radius 1 is 1.15 bits per heavy atom. The normalized spacial score (nSPS) is 25.7. The van der Waals surface area contributed by atoms with E-state index in [0.29, 0.717) is 24.9 Å². The lowest BCUT2D eigenvalue weighted by molar-refractivity contribution is -0.169. The van der Waals surface area contributed by atoms with Crippen molar-refractivity contribution in [2.45, 2.75) is 57.3 Å². The van der Waals surface area contributed by atoms with E-state index in [0.717, 1.165) is 57.6 Å². The quantitative estimate of drug-likeness (QED) is 0.823. The molecule has 1 spiro atoms. The maximum Gasteiger partial charge on any atom is 0.274 e. The van der Waals surface area contributed by atoms with Crippen LogP contribution in [0.15, 0.2) is 12.1 Å². The molecule has 26 heavy (non-hydrogen) atoms. The molecule has 3 fully saturated rings. The Bertz CT molecular complexity index is 620. The van der Waals surface area contributed by atoms with Gasteiger partial charge in [-0.2, -0.15) is 0 Å². The van der Waals surface area contributed by atoms with Crippen molar-refractivity contribution in [3.05, 3.63) is 17.8 Å². The van der Waals surface area contributed by atoms with E-state index in [4.69, 9.17) is 9.47 Å². The van der Waals surface area contributed by atoms with Crippen LogP contribution in [0.1, 0.15) is 55.9 Å². The summed E-state index contributed by atoms with van der Waals surface area (Å²) in [6.45, 7) is 6.00. The van der Waals surface area contributed by atoms with Crippen LogP contribution >= 0.6 is 0 Å². The molecule has 142 valence electrons. The molecule has 4 rings (SSSR count). The van der Waals surface area contributed by atoms with Crippen molar-refractivity contribution in [1.82, 2.24) is 15.1 Å². The van der Waals surface area contributed by atoms with E-state index in [9.17, 15) is 4.79 Å². The smallest absolute Gasteiger partial charge is 0.274 e. The SMILES string of the molecule is CCC1CCCCN1C(=O)c1ccc(N2CCC3(CC2)OCCO3)nn1. The minimum Gasteiger partial charge on any atom is -0.355 e. The van der Waals surface area contributed by atoms with Crippen LogP contribution in [0.4, 0.5) is 5.82 Å². The highest BCUT2D eigenvalue weighted by atomic mass is 16.7. The molecule has 1 amide bonds. The third kappa shape index (κ3) is 3.42. The van der Waals surface area contributed by atoms with Crippen LogP contribution in [0.5, 0.6) is 0 Å². The van der Waals surface area contributed by atoms with E-state index in [1.807, 2.05) is 17.0 Å². The number of piperidine rings is 2. The van der Waals surface area contributed by atoms with Gasteiger partial charge in [-0.15, -0.1) is 10.2 Å². The van der Waals surface area contributed by atoms with Gasteiger partial charge in [-0.3, -0.25) is 4.79 Å². The summed E-state index contributed by atoms with van der Waals surface area (Å²) >= 11 is 0. The lowest BCUT2D eigenvalue weighted by Gasteiger charge is -2.38. The van der Waals surface area contributed by atoms with Crippen LogP contribution in [0.2, 0.25) is 0 Å². The Labute approximate surface area is 154 Å². The first-order valence-electron chi connectivity index (χ1n) is 9.88. The molecule has 3 aliphatic heterocycles. The Hall–Kier alpha value is -1.73. The highest BCUT2D eigenvalue weighted by Crippen LogP contribution is 2.32. The van der Waals surface area contributed by atoms with Gasteiger partial charge in [0.25, 0.3) is 5.91 Å². The van der Waals surface area contributed by atoms with Gasteiger partial charge in [0.05, 0.1) is 13.2 Å². The van der Waals surface area contributed by atoms with Crippen LogP contribution < -0.4 is 4.90 Å². The molecular formula is C19H28N4O3. The molecule has 0 bridgehead atoms. The topological polar surface area (TPSA) is 67.8 Å². The first-order chi connectivity index (χ1) is 12.7. The predicted molar refractivity (Wildman–Crippen MR) is 97.1 cm³/mol. The number of amides is 1. The molecule has 7 heteroatoms. The molecule has 0 aromatic carbocycles. The molecule has 3 aliphatic rings. The molecule has 7 nitrogen and oxygen atoms in total. The van der Waals surface area contributed by atoms with Gasteiger partial charge in [-0.1, -0.05) is 6.92 Å². The summed E-state index contributed by atoms with van der Waals surface area (Å²) < 4.78 is 11.5. The number of aromatic nitrogens is 2. The average molecular weight is 360 g/mol. The summed E-state index contributed by atoms with van der Waals surface area (Å²) in [5.41, 5.74) is 0.449. The summed E-state index contributed by atoms with van der Waals surface area (Å²) in [7, 11) is 0. The molecule has 1 unspecified atom stereocenters. The van der Waals surface area contributed by atoms with Gasteiger partial charge >= 0.3 is 0 Å². The third-order valence-corrected chi connectivity index (χ3v) is 5.89. The third-order valence-electron chi connectivity index (χ3n) is 5.89. The summed E-state index contributed by atoms with van der Waals surface area (Å²) in [6, 6.07) is 4.07. The van der Waals surface area contributed by atoms with Crippen molar-refractivity contribution in [1.29, 1.82) is 0 Å². The molecule has 0 saturated carbocycles. The maximum atomic E-state index is 12.8. The Morgan fingerprint density at radius 3 is 2.58 bits per heavy atom. The standard InChI is InChI=1S/C19H28N4O3/c1-2-15-5-3-4-10-23(15)18(24)16-6-7-17(21-20-16)22-11-8-19(9-12-22)25-13-14-26-19/h6-7,15H,2-5,8-14H2,1H3. The fourth-order valence-corrected chi connectivity index (χ4v) is 4.31. The molecule has 1 aromatic rings. The summed E-state index contributed by atoms with van der Waals surface area (Å²) in [6.07, 6.45) is 6.04. The van der Waals surface area contributed by atoms with Crippen molar-refractivity contribution in [2.75, 3.05) is 37.7 Å². The van der Waals surface area contributed by atoms with Gasteiger partial charge in [0, 0.05) is 38.5 Å². The number of rotatable bonds is 3. The maximum absolute atomic E-state index is 12.8. The van der Waals surface area contributed by atoms with Crippen molar-refractivity contribution in [3.63, 3.8) is 0 Å². The van der Waals surface area contributed by atoms with Crippen molar-refractivity contribution >= 4 is 11.7 Å². The summed E-state index contributed by atoms with van der Waals surface area (Å²) in [4.78, 5) is 17.0. The number of likely N-dealkylation sites (tertiary alicyclic amines) is 1. The van der Waals surface area contributed by atoms with E-state index in [1.165, 1.54) is 6.42 Å². The van der Waals surface area contributed by atoms with Crippen LogP contribution in [0.3, 0.4) is 0 Å². The molecular weight excluding hydrogens is 332 g/mol. The van der Waals surface area contributed by atoms with Gasteiger partial charge in [0.15, 0.2) is 17.3 Å². The molecule has 0 radical (unpaired) electrons. The van der Waals surface area contributed by atoms with Gasteiger partial charge in [0.2, 0.25) is 0 Å². The van der Waals surface area contributed by atoms with Crippen LogP contribution in [-0.4, -0.2) is 65.7 Å². The number of ether oxygens (including phenoxy) is 2. The minimum atomic E-state index is -0.386. The van der Waals surface area contributed by atoms with Crippen LogP contribution in [0, 0.1) is 0 Å². The van der Waals surface area contributed by atoms with E-state index in [2.05, 4.69) is 22.0 Å². The average Bonchev–Trinajstić information content (AvgIpc) is 3.16.